The molecule has 0 fully saturated rings. The number of halogens is 2. The highest BCUT2D eigenvalue weighted by Crippen LogP contribution is 2.32. The number of carbonyl (C=O) groups is 1. The van der Waals surface area contributed by atoms with Crippen molar-refractivity contribution >= 4 is 49.1 Å². The van der Waals surface area contributed by atoms with Crippen molar-refractivity contribution in [1.82, 2.24) is 5.32 Å². The Morgan fingerprint density at radius 1 is 1.56 bits per heavy atom. The molecule has 1 rings (SSSR count). The molecule has 2 N–H and O–H groups in total. The van der Waals surface area contributed by atoms with Crippen molar-refractivity contribution < 1.29 is 9.90 Å². The minimum Gasteiger partial charge on any atom is -0.388 e. The van der Waals surface area contributed by atoms with Crippen LogP contribution in [-0.4, -0.2) is 23.2 Å². The molecule has 0 aromatic carbocycles. The molecule has 0 aliphatic heterocycles. The average molecular weight is 399 g/mol. The van der Waals surface area contributed by atoms with E-state index in [1.54, 1.807) is 13.0 Å². The van der Waals surface area contributed by atoms with E-state index in [9.17, 15) is 9.90 Å². The van der Waals surface area contributed by atoms with Crippen LogP contribution >= 0.6 is 43.2 Å². The summed E-state index contributed by atoms with van der Waals surface area (Å²) in [6.45, 7) is 6.10. The van der Waals surface area contributed by atoms with Gasteiger partial charge in [-0.25, -0.2) is 0 Å². The Hall–Kier alpha value is 0.0900. The first-order chi connectivity index (χ1) is 8.21. The van der Waals surface area contributed by atoms with E-state index in [4.69, 9.17) is 0 Å². The standard InChI is InChI=1S/C12H17Br2NO2S/c1-7(2)5-12(3,17)6-15-11(16)9-4-8(13)10(14)18-9/h4,7,17H,5-6H2,1-3H3,(H,15,16). The molecule has 0 aliphatic rings. The van der Waals surface area contributed by atoms with Gasteiger partial charge in [0, 0.05) is 11.0 Å². The van der Waals surface area contributed by atoms with Crippen molar-refractivity contribution in [1.29, 1.82) is 0 Å². The molecule has 1 amide bonds. The van der Waals surface area contributed by atoms with Gasteiger partial charge in [-0.15, -0.1) is 11.3 Å². The van der Waals surface area contributed by atoms with Gasteiger partial charge in [0.25, 0.3) is 5.91 Å². The van der Waals surface area contributed by atoms with Crippen molar-refractivity contribution in [2.45, 2.75) is 32.8 Å². The van der Waals surface area contributed by atoms with Gasteiger partial charge < -0.3 is 10.4 Å². The molecule has 1 atom stereocenters. The maximum atomic E-state index is 11.9. The summed E-state index contributed by atoms with van der Waals surface area (Å²) in [7, 11) is 0. The molecule has 0 saturated carbocycles. The fourth-order valence-electron chi connectivity index (χ4n) is 1.77. The predicted molar refractivity (Wildman–Crippen MR) is 82.1 cm³/mol. The van der Waals surface area contributed by atoms with E-state index in [0.717, 1.165) is 8.26 Å². The summed E-state index contributed by atoms with van der Waals surface area (Å²) in [4.78, 5) is 12.5. The molecule has 1 unspecified atom stereocenters. The number of amides is 1. The van der Waals surface area contributed by atoms with E-state index in [1.165, 1.54) is 11.3 Å². The lowest BCUT2D eigenvalue weighted by Crippen LogP contribution is -2.41. The summed E-state index contributed by atoms with van der Waals surface area (Å²) in [6.07, 6.45) is 0.658. The van der Waals surface area contributed by atoms with Gasteiger partial charge in [-0.05, 0) is 57.2 Å². The Morgan fingerprint density at radius 3 is 2.61 bits per heavy atom. The Morgan fingerprint density at radius 2 is 2.17 bits per heavy atom. The van der Waals surface area contributed by atoms with Crippen LogP contribution in [0.15, 0.2) is 14.3 Å². The molecular formula is C12H17Br2NO2S. The SMILES string of the molecule is CC(C)CC(C)(O)CNC(=O)c1cc(Br)c(Br)s1. The smallest absolute Gasteiger partial charge is 0.261 e. The van der Waals surface area contributed by atoms with Gasteiger partial charge in [0.1, 0.15) is 0 Å². The zero-order chi connectivity index (χ0) is 13.9. The van der Waals surface area contributed by atoms with E-state index in [0.29, 0.717) is 17.2 Å². The highest BCUT2D eigenvalue weighted by Gasteiger charge is 2.23. The summed E-state index contributed by atoms with van der Waals surface area (Å²) >= 11 is 8.05. The zero-order valence-electron chi connectivity index (χ0n) is 10.6. The van der Waals surface area contributed by atoms with Crippen LogP contribution < -0.4 is 5.32 Å². The van der Waals surface area contributed by atoms with E-state index < -0.39 is 5.60 Å². The van der Waals surface area contributed by atoms with Crippen LogP contribution in [0.25, 0.3) is 0 Å². The van der Waals surface area contributed by atoms with Crippen molar-refractivity contribution in [2.75, 3.05) is 6.54 Å². The van der Waals surface area contributed by atoms with Gasteiger partial charge >= 0.3 is 0 Å². The number of hydrogen-bond acceptors (Lipinski definition) is 3. The minimum absolute atomic E-state index is 0.157. The monoisotopic (exact) mass is 397 g/mol. The van der Waals surface area contributed by atoms with Gasteiger partial charge in [0.2, 0.25) is 0 Å². The third-order valence-corrected chi connectivity index (χ3v) is 5.60. The average Bonchev–Trinajstić information content (AvgIpc) is 2.54. The highest BCUT2D eigenvalue weighted by atomic mass is 79.9. The summed E-state index contributed by atoms with van der Waals surface area (Å²) in [6, 6.07) is 1.77. The Kier molecular flexibility index (Phi) is 5.83. The largest absolute Gasteiger partial charge is 0.388 e. The van der Waals surface area contributed by atoms with Crippen LogP contribution in [0.4, 0.5) is 0 Å². The Labute approximate surface area is 128 Å². The van der Waals surface area contributed by atoms with E-state index in [1.807, 2.05) is 13.8 Å². The van der Waals surface area contributed by atoms with Crippen LogP contribution in [0.2, 0.25) is 0 Å². The number of aliphatic hydroxyl groups is 1. The number of thiophene rings is 1. The van der Waals surface area contributed by atoms with Crippen molar-refractivity contribution in [2.24, 2.45) is 5.92 Å². The number of carbonyl (C=O) groups excluding carboxylic acids is 1. The molecule has 0 aliphatic carbocycles. The number of nitrogens with one attached hydrogen (secondary N) is 1. The predicted octanol–water partition coefficient (Wildman–Crippen LogP) is 3.80. The molecular weight excluding hydrogens is 382 g/mol. The first kappa shape index (κ1) is 16.1. The minimum atomic E-state index is -0.866. The van der Waals surface area contributed by atoms with E-state index in [2.05, 4.69) is 37.2 Å². The molecule has 3 nitrogen and oxygen atoms in total. The third-order valence-electron chi connectivity index (χ3n) is 2.35. The fourth-order valence-corrected chi connectivity index (χ4v) is 3.72. The Balaban J connectivity index is 2.56. The summed E-state index contributed by atoms with van der Waals surface area (Å²) in [5, 5.41) is 12.9. The van der Waals surface area contributed by atoms with E-state index >= 15 is 0 Å². The van der Waals surface area contributed by atoms with Crippen molar-refractivity contribution in [3.63, 3.8) is 0 Å². The second-order valence-electron chi connectivity index (χ2n) is 5.01. The summed E-state index contributed by atoms with van der Waals surface area (Å²) in [5.74, 6) is 0.234. The fraction of sp³-hybridized carbons (Fsp3) is 0.583. The number of hydrogen-bond donors (Lipinski definition) is 2. The first-order valence-corrected chi connectivity index (χ1v) is 8.07. The maximum absolute atomic E-state index is 11.9. The van der Waals surface area contributed by atoms with Gasteiger partial charge in [-0.1, -0.05) is 13.8 Å². The molecule has 1 aromatic heterocycles. The Bertz CT molecular complexity index is 410. The summed E-state index contributed by atoms with van der Waals surface area (Å²) < 4.78 is 1.76. The van der Waals surface area contributed by atoms with Gasteiger partial charge in [-0.3, -0.25) is 4.79 Å². The molecule has 1 aromatic rings. The lowest BCUT2D eigenvalue weighted by Gasteiger charge is -2.25. The zero-order valence-corrected chi connectivity index (χ0v) is 14.6. The molecule has 0 radical (unpaired) electrons. The molecule has 6 heteroatoms. The third kappa shape index (κ3) is 4.99. The molecule has 18 heavy (non-hydrogen) atoms. The lowest BCUT2D eigenvalue weighted by atomic mass is 9.94. The molecule has 0 bridgehead atoms. The van der Waals surface area contributed by atoms with Gasteiger partial charge in [-0.2, -0.15) is 0 Å². The van der Waals surface area contributed by atoms with Gasteiger partial charge in [0.05, 0.1) is 14.3 Å². The molecule has 0 saturated heterocycles. The van der Waals surface area contributed by atoms with Crippen LogP contribution in [0.1, 0.15) is 36.9 Å². The molecule has 0 spiro atoms. The normalized spacial score (nSPS) is 14.6. The highest BCUT2D eigenvalue weighted by molar-refractivity contribution is 9.13. The summed E-state index contributed by atoms with van der Waals surface area (Å²) in [5.41, 5.74) is -0.866. The van der Waals surface area contributed by atoms with Crippen molar-refractivity contribution in [3.8, 4) is 0 Å². The lowest BCUT2D eigenvalue weighted by molar-refractivity contribution is 0.0369. The van der Waals surface area contributed by atoms with Crippen molar-refractivity contribution in [3.05, 3.63) is 19.2 Å². The van der Waals surface area contributed by atoms with Gasteiger partial charge in [0.15, 0.2) is 0 Å². The number of rotatable bonds is 5. The second kappa shape index (κ2) is 6.50. The molecule has 102 valence electrons. The topological polar surface area (TPSA) is 49.3 Å². The first-order valence-electron chi connectivity index (χ1n) is 5.66. The van der Waals surface area contributed by atoms with Crippen LogP contribution in [0, 0.1) is 5.92 Å². The van der Waals surface area contributed by atoms with Crippen LogP contribution in [0.3, 0.4) is 0 Å². The second-order valence-corrected chi connectivity index (χ2v) is 8.23. The van der Waals surface area contributed by atoms with Crippen LogP contribution in [-0.2, 0) is 0 Å². The molecule has 1 heterocycles. The van der Waals surface area contributed by atoms with Crippen LogP contribution in [0.5, 0.6) is 0 Å². The maximum Gasteiger partial charge on any atom is 0.261 e. The van der Waals surface area contributed by atoms with E-state index in [-0.39, 0.29) is 12.5 Å². The quantitative estimate of drug-likeness (QED) is 0.792.